The second-order valence-corrected chi connectivity index (χ2v) is 3.56. The second-order valence-electron chi connectivity index (χ2n) is 3.25. The third-order valence-electron chi connectivity index (χ3n) is 1.99. The molecule has 0 aliphatic rings. The Balaban J connectivity index is 2.99. The molecule has 0 saturated carbocycles. The average molecular weight is 271 g/mol. The first-order valence-corrected chi connectivity index (χ1v) is 5.15. The van der Waals surface area contributed by atoms with Gasteiger partial charge in [-0.05, 0) is 6.07 Å². The Morgan fingerprint density at radius 3 is 2.35 bits per heavy atom. The highest BCUT2D eigenvalue weighted by atomic mass is 35.5. The number of alkyl halides is 4. The van der Waals surface area contributed by atoms with E-state index in [1.165, 1.54) is 18.2 Å². The highest BCUT2D eigenvalue weighted by Gasteiger charge is 2.33. The van der Waals surface area contributed by atoms with Crippen LogP contribution in [0, 0.1) is 0 Å². The van der Waals surface area contributed by atoms with Crippen molar-refractivity contribution in [2.75, 3.05) is 5.88 Å². The summed E-state index contributed by atoms with van der Waals surface area (Å²) in [6, 6.07) is 5.02. The number of hydrogen-bond acceptors (Lipinski definition) is 3. The van der Waals surface area contributed by atoms with E-state index in [9.17, 15) is 23.4 Å². The summed E-state index contributed by atoms with van der Waals surface area (Å²) in [5.41, 5.74) is -0.169. The lowest BCUT2D eigenvalue weighted by molar-refractivity contribution is -0.275. The molecular formula is C10H10ClF3O3. The maximum atomic E-state index is 12.1. The third kappa shape index (κ3) is 4.07. The molecule has 17 heavy (non-hydrogen) atoms. The monoisotopic (exact) mass is 270 g/mol. The first kappa shape index (κ1) is 14.1. The fraction of sp³-hybridized carbons (Fsp3) is 0.400. The van der Waals surface area contributed by atoms with E-state index in [2.05, 4.69) is 4.74 Å². The minimum absolute atomic E-state index is 0.169. The Kier molecular flexibility index (Phi) is 4.62. The first-order chi connectivity index (χ1) is 7.85. The highest BCUT2D eigenvalue weighted by molar-refractivity contribution is 6.18. The van der Waals surface area contributed by atoms with E-state index < -0.39 is 24.3 Å². The van der Waals surface area contributed by atoms with Crippen LogP contribution in [0.15, 0.2) is 24.3 Å². The SMILES string of the molecule is OC(CCl)C(O)c1ccccc1OC(F)(F)F. The zero-order valence-corrected chi connectivity index (χ0v) is 9.24. The Hall–Kier alpha value is -0.980. The van der Waals surface area contributed by atoms with E-state index in [1.54, 1.807) is 0 Å². The number of para-hydroxylation sites is 1. The summed E-state index contributed by atoms with van der Waals surface area (Å²) in [6.07, 6.45) is -7.76. The van der Waals surface area contributed by atoms with Crippen molar-refractivity contribution in [3.8, 4) is 5.75 Å². The van der Waals surface area contributed by atoms with Crippen LogP contribution in [0.4, 0.5) is 13.2 Å². The van der Waals surface area contributed by atoms with E-state index in [4.69, 9.17) is 11.6 Å². The van der Waals surface area contributed by atoms with E-state index in [0.717, 1.165) is 6.07 Å². The molecule has 2 unspecified atom stereocenters. The highest BCUT2D eigenvalue weighted by Crippen LogP contribution is 2.31. The molecule has 1 aromatic carbocycles. The second kappa shape index (κ2) is 5.57. The lowest BCUT2D eigenvalue weighted by atomic mass is 10.0. The Labute approximate surface area is 100 Å². The van der Waals surface area contributed by atoms with Gasteiger partial charge in [0.25, 0.3) is 0 Å². The zero-order chi connectivity index (χ0) is 13.1. The van der Waals surface area contributed by atoms with Crippen molar-refractivity contribution in [2.24, 2.45) is 0 Å². The summed E-state index contributed by atoms with van der Waals surface area (Å²) in [6.45, 7) is 0. The molecular weight excluding hydrogens is 261 g/mol. The maximum absolute atomic E-state index is 12.1. The molecule has 0 aliphatic heterocycles. The van der Waals surface area contributed by atoms with Gasteiger partial charge < -0.3 is 14.9 Å². The molecule has 0 aromatic heterocycles. The number of benzene rings is 1. The largest absolute Gasteiger partial charge is 0.573 e. The van der Waals surface area contributed by atoms with Crippen molar-refractivity contribution in [1.29, 1.82) is 0 Å². The van der Waals surface area contributed by atoms with Gasteiger partial charge in [0, 0.05) is 5.56 Å². The maximum Gasteiger partial charge on any atom is 0.573 e. The number of ether oxygens (including phenoxy) is 1. The fourth-order valence-electron chi connectivity index (χ4n) is 1.23. The van der Waals surface area contributed by atoms with Crippen molar-refractivity contribution < 1.29 is 28.1 Å². The molecule has 1 rings (SSSR count). The predicted molar refractivity (Wildman–Crippen MR) is 54.8 cm³/mol. The lowest BCUT2D eigenvalue weighted by Gasteiger charge is -2.19. The number of aliphatic hydroxyl groups is 2. The van der Waals surface area contributed by atoms with Crippen molar-refractivity contribution in [3.63, 3.8) is 0 Å². The predicted octanol–water partition coefficient (Wildman–Crippen LogP) is 2.22. The molecule has 0 amide bonds. The molecule has 0 saturated heterocycles. The normalized spacial score (nSPS) is 15.4. The fourth-order valence-corrected chi connectivity index (χ4v) is 1.40. The molecule has 96 valence electrons. The van der Waals surface area contributed by atoms with E-state index >= 15 is 0 Å². The van der Waals surface area contributed by atoms with Crippen LogP contribution in [0.3, 0.4) is 0 Å². The molecule has 3 nitrogen and oxygen atoms in total. The quantitative estimate of drug-likeness (QED) is 0.825. The Morgan fingerprint density at radius 2 is 1.82 bits per heavy atom. The van der Waals surface area contributed by atoms with Gasteiger partial charge in [-0.25, -0.2) is 0 Å². The molecule has 0 spiro atoms. The minimum atomic E-state index is -4.86. The summed E-state index contributed by atoms with van der Waals surface area (Å²) >= 11 is 5.31. The van der Waals surface area contributed by atoms with Crippen LogP contribution in [0.25, 0.3) is 0 Å². The number of aliphatic hydroxyl groups excluding tert-OH is 2. The third-order valence-corrected chi connectivity index (χ3v) is 2.30. The van der Waals surface area contributed by atoms with Gasteiger partial charge in [0.1, 0.15) is 11.9 Å². The standard InChI is InChI=1S/C10H10ClF3O3/c11-5-7(15)9(16)6-3-1-2-4-8(6)17-10(12,13)14/h1-4,7,9,15-16H,5H2. The molecule has 0 bridgehead atoms. The minimum Gasteiger partial charge on any atom is -0.405 e. The van der Waals surface area contributed by atoms with E-state index in [0.29, 0.717) is 0 Å². The van der Waals surface area contributed by atoms with Gasteiger partial charge in [0.2, 0.25) is 0 Å². The van der Waals surface area contributed by atoms with Gasteiger partial charge in [-0.15, -0.1) is 24.8 Å². The van der Waals surface area contributed by atoms with Gasteiger partial charge in [-0.1, -0.05) is 18.2 Å². The van der Waals surface area contributed by atoms with Gasteiger partial charge in [-0.3, -0.25) is 0 Å². The first-order valence-electron chi connectivity index (χ1n) is 4.62. The van der Waals surface area contributed by atoms with Crippen LogP contribution in [0.2, 0.25) is 0 Å². The summed E-state index contributed by atoms with van der Waals surface area (Å²) in [5.74, 6) is -0.863. The van der Waals surface area contributed by atoms with Crippen molar-refractivity contribution in [1.82, 2.24) is 0 Å². The molecule has 1 aromatic rings. The topological polar surface area (TPSA) is 49.7 Å². The number of halogens is 4. The molecule has 0 radical (unpaired) electrons. The Bertz CT molecular complexity index is 370. The van der Waals surface area contributed by atoms with Crippen molar-refractivity contribution in [2.45, 2.75) is 18.6 Å². The molecule has 7 heteroatoms. The van der Waals surface area contributed by atoms with Crippen molar-refractivity contribution in [3.05, 3.63) is 29.8 Å². The average Bonchev–Trinajstić information content (AvgIpc) is 2.25. The van der Waals surface area contributed by atoms with E-state index in [1.807, 2.05) is 0 Å². The van der Waals surface area contributed by atoms with Crippen LogP contribution < -0.4 is 4.74 Å². The molecule has 2 N–H and O–H groups in total. The van der Waals surface area contributed by atoms with Gasteiger partial charge in [0.05, 0.1) is 12.0 Å². The summed E-state index contributed by atoms with van der Waals surface area (Å²) < 4.78 is 40.0. The van der Waals surface area contributed by atoms with Gasteiger partial charge in [-0.2, -0.15) is 0 Å². The van der Waals surface area contributed by atoms with Crippen LogP contribution in [0.5, 0.6) is 5.75 Å². The molecule has 0 aliphatic carbocycles. The molecule has 0 fully saturated rings. The number of hydrogen-bond donors (Lipinski definition) is 2. The van der Waals surface area contributed by atoms with Gasteiger partial charge >= 0.3 is 6.36 Å². The van der Waals surface area contributed by atoms with Gasteiger partial charge in [0.15, 0.2) is 0 Å². The zero-order valence-electron chi connectivity index (χ0n) is 8.49. The summed E-state index contributed by atoms with van der Waals surface area (Å²) in [5, 5.41) is 18.9. The molecule has 2 atom stereocenters. The van der Waals surface area contributed by atoms with Crippen LogP contribution >= 0.6 is 11.6 Å². The van der Waals surface area contributed by atoms with Crippen LogP contribution in [-0.4, -0.2) is 28.6 Å². The summed E-state index contributed by atoms with van der Waals surface area (Å²) in [4.78, 5) is 0. The lowest BCUT2D eigenvalue weighted by Crippen LogP contribution is -2.23. The van der Waals surface area contributed by atoms with Crippen molar-refractivity contribution >= 4 is 11.6 Å². The Morgan fingerprint density at radius 1 is 1.24 bits per heavy atom. The van der Waals surface area contributed by atoms with Crippen LogP contribution in [-0.2, 0) is 0 Å². The molecule has 0 heterocycles. The smallest absolute Gasteiger partial charge is 0.405 e. The number of rotatable bonds is 4. The van der Waals surface area contributed by atoms with Crippen LogP contribution in [0.1, 0.15) is 11.7 Å². The summed E-state index contributed by atoms with van der Waals surface area (Å²) in [7, 11) is 0. The van der Waals surface area contributed by atoms with E-state index in [-0.39, 0.29) is 11.4 Å².